The number of nitrogens with zero attached hydrogens (tertiary/aromatic N) is 5. The largest absolute Gasteiger partial charge is 0.322 e. The molecule has 0 aliphatic rings. The number of nitrogens with one attached hydrogen (secondary N) is 1. The summed E-state index contributed by atoms with van der Waals surface area (Å²) in [6.07, 6.45) is 0. The number of halogens is 1. The minimum atomic E-state index is -0.367. The number of aryl methyl sites for hydroxylation is 2. The van der Waals surface area contributed by atoms with E-state index >= 15 is 0 Å². The van der Waals surface area contributed by atoms with E-state index in [0.717, 1.165) is 17.1 Å². The number of carbonyl (C=O) groups excluding carboxylic acids is 1. The average Bonchev–Trinajstić information content (AvgIpc) is 3.27. The van der Waals surface area contributed by atoms with Crippen LogP contribution >= 0.6 is 11.8 Å². The summed E-state index contributed by atoms with van der Waals surface area (Å²) in [5.74, 6) is 0.00341. The van der Waals surface area contributed by atoms with Crippen LogP contribution in [0, 0.1) is 26.6 Å². The summed E-state index contributed by atoms with van der Waals surface area (Å²) in [4.78, 5) is 12.6. The smallest absolute Gasteiger partial charge is 0.234 e. The molecule has 1 N–H and O–H groups in total. The summed E-state index contributed by atoms with van der Waals surface area (Å²) < 4.78 is 17.6. The van der Waals surface area contributed by atoms with Gasteiger partial charge in [-0.2, -0.15) is 5.10 Å². The molecule has 4 aromatic rings. The van der Waals surface area contributed by atoms with Gasteiger partial charge in [0.05, 0.1) is 34.1 Å². The summed E-state index contributed by atoms with van der Waals surface area (Å²) in [5.41, 5.74) is 4.76. The molecule has 0 saturated heterocycles. The zero-order valence-corrected chi connectivity index (χ0v) is 19.1. The van der Waals surface area contributed by atoms with Crippen molar-refractivity contribution in [1.29, 1.82) is 0 Å². The predicted molar refractivity (Wildman–Crippen MR) is 124 cm³/mol. The minimum Gasteiger partial charge on any atom is -0.322 e. The molecule has 164 valence electrons. The number of benzene rings is 2. The molecular weight excluding hydrogens is 427 g/mol. The number of aromatic nitrogens is 5. The van der Waals surface area contributed by atoms with Gasteiger partial charge in [-0.25, -0.2) is 9.07 Å². The van der Waals surface area contributed by atoms with Crippen molar-refractivity contribution in [3.63, 3.8) is 0 Å². The Bertz CT molecular complexity index is 1280. The molecule has 0 aliphatic heterocycles. The first kappa shape index (κ1) is 21.8. The van der Waals surface area contributed by atoms with Crippen molar-refractivity contribution in [2.75, 3.05) is 11.1 Å². The number of carbonyl (C=O) groups is 1. The summed E-state index contributed by atoms with van der Waals surface area (Å²) in [6.45, 7) is 5.82. The molecule has 4 rings (SSSR count). The van der Waals surface area contributed by atoms with E-state index in [4.69, 9.17) is 0 Å². The first-order chi connectivity index (χ1) is 15.3. The topological polar surface area (TPSA) is 77.6 Å². The Kier molecular flexibility index (Phi) is 6.09. The molecule has 0 saturated carbocycles. The van der Waals surface area contributed by atoms with Gasteiger partial charge in [-0.1, -0.05) is 41.6 Å². The summed E-state index contributed by atoms with van der Waals surface area (Å²) in [7, 11) is 1.75. The highest BCUT2D eigenvalue weighted by atomic mass is 32.2. The molecule has 1 amide bonds. The number of hydrogen-bond donors (Lipinski definition) is 1. The minimum absolute atomic E-state index is 0.137. The number of anilines is 1. The van der Waals surface area contributed by atoms with Gasteiger partial charge < -0.3 is 9.88 Å². The molecule has 0 bridgehead atoms. The second kappa shape index (κ2) is 8.96. The van der Waals surface area contributed by atoms with Crippen molar-refractivity contribution in [3.8, 4) is 17.1 Å². The Labute approximate surface area is 189 Å². The molecule has 7 nitrogen and oxygen atoms in total. The number of rotatable bonds is 6. The highest BCUT2D eigenvalue weighted by molar-refractivity contribution is 7.99. The van der Waals surface area contributed by atoms with E-state index in [1.54, 1.807) is 29.8 Å². The van der Waals surface area contributed by atoms with Crippen LogP contribution in [-0.4, -0.2) is 36.2 Å². The van der Waals surface area contributed by atoms with E-state index in [1.165, 1.54) is 23.4 Å². The van der Waals surface area contributed by atoms with Crippen LogP contribution in [-0.2, 0) is 11.8 Å². The lowest BCUT2D eigenvalue weighted by Crippen LogP contribution is -2.15. The van der Waals surface area contributed by atoms with Crippen LogP contribution in [0.3, 0.4) is 0 Å². The van der Waals surface area contributed by atoms with Crippen LogP contribution < -0.4 is 5.32 Å². The first-order valence-electron chi connectivity index (χ1n) is 10.1. The summed E-state index contributed by atoms with van der Waals surface area (Å²) >= 11 is 1.24. The third-order valence-electron chi connectivity index (χ3n) is 5.12. The van der Waals surface area contributed by atoms with Crippen LogP contribution in [0.2, 0.25) is 0 Å². The van der Waals surface area contributed by atoms with Gasteiger partial charge in [-0.15, -0.1) is 10.2 Å². The molecule has 2 aromatic heterocycles. The Morgan fingerprint density at radius 1 is 1.06 bits per heavy atom. The standard InChI is InChI=1S/C23H23FN6OS/c1-14-9-11-17(12-10-14)30-16(3)21(15(2)28-30)25-20(31)13-32-23-27-26-22(29(23)4)18-7-5-6-8-19(18)24/h5-12H,13H2,1-4H3,(H,25,31). The van der Waals surface area contributed by atoms with E-state index in [0.29, 0.717) is 22.2 Å². The maximum atomic E-state index is 14.1. The van der Waals surface area contributed by atoms with Gasteiger partial charge in [0.25, 0.3) is 0 Å². The third kappa shape index (κ3) is 4.29. The molecule has 0 atom stereocenters. The van der Waals surface area contributed by atoms with Crippen molar-refractivity contribution in [1.82, 2.24) is 24.5 Å². The summed E-state index contributed by atoms with van der Waals surface area (Å²) in [5, 5.41) is 16.3. The van der Waals surface area contributed by atoms with Gasteiger partial charge in [-0.3, -0.25) is 4.79 Å². The molecule has 0 spiro atoms. The Hall–Kier alpha value is -3.46. The second-order valence-electron chi connectivity index (χ2n) is 7.48. The van der Waals surface area contributed by atoms with Crippen molar-refractivity contribution in [2.24, 2.45) is 7.05 Å². The lowest BCUT2D eigenvalue weighted by Gasteiger charge is -2.08. The van der Waals surface area contributed by atoms with E-state index < -0.39 is 0 Å². The molecular formula is C23H23FN6OS. The quantitative estimate of drug-likeness (QED) is 0.439. The van der Waals surface area contributed by atoms with Crippen molar-refractivity contribution in [2.45, 2.75) is 25.9 Å². The van der Waals surface area contributed by atoms with E-state index in [9.17, 15) is 9.18 Å². The fourth-order valence-corrected chi connectivity index (χ4v) is 4.10. The van der Waals surface area contributed by atoms with Gasteiger partial charge in [0, 0.05) is 7.05 Å². The Morgan fingerprint density at radius 2 is 1.78 bits per heavy atom. The van der Waals surface area contributed by atoms with E-state index in [1.807, 2.05) is 49.7 Å². The van der Waals surface area contributed by atoms with Crippen molar-refractivity contribution >= 4 is 23.4 Å². The van der Waals surface area contributed by atoms with Crippen LogP contribution in [0.1, 0.15) is 17.0 Å². The van der Waals surface area contributed by atoms with Gasteiger partial charge in [0.2, 0.25) is 5.91 Å². The monoisotopic (exact) mass is 450 g/mol. The maximum absolute atomic E-state index is 14.1. The molecule has 0 unspecified atom stereocenters. The zero-order chi connectivity index (χ0) is 22.8. The highest BCUT2D eigenvalue weighted by Gasteiger charge is 2.18. The van der Waals surface area contributed by atoms with Crippen LogP contribution in [0.5, 0.6) is 0 Å². The van der Waals surface area contributed by atoms with Gasteiger partial charge in [0.1, 0.15) is 5.82 Å². The molecule has 0 radical (unpaired) electrons. The third-order valence-corrected chi connectivity index (χ3v) is 6.14. The normalized spacial score (nSPS) is 11.0. The molecule has 0 aliphatic carbocycles. The molecule has 2 aromatic carbocycles. The van der Waals surface area contributed by atoms with Gasteiger partial charge in [-0.05, 0) is 45.0 Å². The molecule has 32 heavy (non-hydrogen) atoms. The Morgan fingerprint density at radius 3 is 2.50 bits per heavy atom. The van der Waals surface area contributed by atoms with E-state index in [2.05, 4.69) is 20.6 Å². The van der Waals surface area contributed by atoms with E-state index in [-0.39, 0.29) is 17.5 Å². The first-order valence-corrected chi connectivity index (χ1v) is 11.0. The number of amides is 1. The summed E-state index contributed by atoms with van der Waals surface area (Å²) in [6, 6.07) is 14.4. The Balaban J connectivity index is 1.45. The zero-order valence-electron chi connectivity index (χ0n) is 18.3. The van der Waals surface area contributed by atoms with Crippen LogP contribution in [0.25, 0.3) is 17.1 Å². The van der Waals surface area contributed by atoms with Crippen molar-refractivity contribution < 1.29 is 9.18 Å². The fraction of sp³-hybridized carbons (Fsp3) is 0.217. The average molecular weight is 451 g/mol. The predicted octanol–water partition coefficient (Wildman–Crippen LogP) is 4.46. The number of hydrogen-bond acceptors (Lipinski definition) is 5. The number of thioether (sulfide) groups is 1. The second-order valence-corrected chi connectivity index (χ2v) is 8.42. The maximum Gasteiger partial charge on any atom is 0.234 e. The van der Waals surface area contributed by atoms with Gasteiger partial charge >= 0.3 is 0 Å². The lowest BCUT2D eigenvalue weighted by atomic mass is 10.2. The molecule has 9 heteroatoms. The van der Waals surface area contributed by atoms with Crippen LogP contribution in [0.4, 0.5) is 10.1 Å². The fourth-order valence-electron chi connectivity index (χ4n) is 3.38. The molecule has 0 fully saturated rings. The lowest BCUT2D eigenvalue weighted by molar-refractivity contribution is -0.113. The van der Waals surface area contributed by atoms with Crippen molar-refractivity contribution in [3.05, 3.63) is 71.3 Å². The SMILES string of the molecule is Cc1ccc(-n2nc(C)c(NC(=O)CSc3nnc(-c4ccccc4F)n3C)c2C)cc1. The highest BCUT2D eigenvalue weighted by Crippen LogP contribution is 2.26. The molecule has 2 heterocycles. The van der Waals surface area contributed by atoms with Crippen LogP contribution in [0.15, 0.2) is 53.7 Å². The van der Waals surface area contributed by atoms with Gasteiger partial charge in [0.15, 0.2) is 11.0 Å².